The van der Waals surface area contributed by atoms with Crippen LogP contribution in [-0.4, -0.2) is 70.3 Å². The third-order valence-electron chi connectivity index (χ3n) is 11.3. The maximum Gasteiger partial charge on any atom is 0.334 e. The SMILES string of the molecule is CCCC[C@@H](C)[C@H](O)CC[C@H]1[C@H](O)CC(=O)[C@@H]1CCCCC1=C(C(=O)OC[C@@H]2C=C3c4cccc5[nH]cc(c45)C[C@H]3N(C)C2)C1. The number of aliphatic hydroxyl groups is 2. The maximum absolute atomic E-state index is 12.9. The highest BCUT2D eigenvalue weighted by Gasteiger charge is 2.41. The molecule has 7 heteroatoms. The smallest absolute Gasteiger partial charge is 0.334 e. The predicted octanol–water partition coefficient (Wildman–Crippen LogP) is 6.38. The van der Waals surface area contributed by atoms with Gasteiger partial charge in [-0.1, -0.05) is 56.9 Å². The molecule has 1 aliphatic heterocycles. The van der Waals surface area contributed by atoms with E-state index in [9.17, 15) is 19.8 Å². The molecule has 2 aromatic rings. The van der Waals surface area contributed by atoms with Gasteiger partial charge in [0.25, 0.3) is 0 Å². The van der Waals surface area contributed by atoms with Crippen LogP contribution in [0, 0.1) is 23.7 Å². The standard InChI is InChI=1S/C38H52N2O5/c1-4-5-9-23(2)34(41)15-14-28-27(35(42)19-36(28)43)11-7-6-10-25-17-30(25)38(44)45-22-24-16-31-29-12-8-13-32-37(29)26(20-39-32)18-33(31)40(3)21-24/h8,12-13,16,20,23-24,27-28,33-34,36,39,41,43H,4-7,9-11,14-15,17-19,21-22H2,1-3H3/t23-,24-,27-,28-,33-,34-,36-/m1/s1. The molecule has 0 unspecified atom stereocenters. The normalized spacial score (nSPS) is 27.4. The average Bonchev–Trinajstić information content (AvgIpc) is 3.61. The molecule has 1 aromatic heterocycles. The number of unbranched alkanes of at least 4 members (excludes halogenated alkanes) is 2. The van der Waals surface area contributed by atoms with Crippen LogP contribution in [0.3, 0.4) is 0 Å². The van der Waals surface area contributed by atoms with Crippen LogP contribution in [0.5, 0.6) is 0 Å². The maximum atomic E-state index is 12.9. The summed E-state index contributed by atoms with van der Waals surface area (Å²) in [5.74, 6) is 0.248. The largest absolute Gasteiger partial charge is 0.462 e. The van der Waals surface area contributed by atoms with E-state index in [0.717, 1.165) is 69.9 Å². The number of nitrogens with zero attached hydrogens (tertiary/aromatic N) is 1. The second kappa shape index (κ2) is 13.9. The van der Waals surface area contributed by atoms with Crippen molar-refractivity contribution in [1.82, 2.24) is 9.88 Å². The van der Waals surface area contributed by atoms with Gasteiger partial charge in [0.2, 0.25) is 0 Å². The second-order valence-corrected chi connectivity index (χ2v) is 14.5. The summed E-state index contributed by atoms with van der Waals surface area (Å²) in [5.41, 5.74) is 7.23. The van der Waals surface area contributed by atoms with Gasteiger partial charge in [-0.05, 0) is 86.6 Å². The molecule has 0 spiro atoms. The van der Waals surface area contributed by atoms with Gasteiger partial charge >= 0.3 is 5.97 Å². The summed E-state index contributed by atoms with van der Waals surface area (Å²) in [5, 5.41) is 22.5. The van der Waals surface area contributed by atoms with Crippen molar-refractivity contribution in [1.29, 1.82) is 0 Å². The minimum absolute atomic E-state index is 0.0492. The first-order valence-electron chi connectivity index (χ1n) is 17.5. The Morgan fingerprint density at radius 2 is 2.00 bits per heavy atom. The molecule has 244 valence electrons. The fourth-order valence-electron chi connectivity index (χ4n) is 8.40. The Kier molecular flexibility index (Phi) is 9.98. The molecule has 0 amide bonds. The molecule has 6 rings (SSSR count). The lowest BCUT2D eigenvalue weighted by Gasteiger charge is -2.39. The summed E-state index contributed by atoms with van der Waals surface area (Å²) in [6.45, 7) is 5.52. The molecule has 3 aliphatic carbocycles. The molecule has 2 heterocycles. The summed E-state index contributed by atoms with van der Waals surface area (Å²) < 4.78 is 5.84. The Hall–Kier alpha value is -2.74. The third-order valence-corrected chi connectivity index (χ3v) is 11.3. The Bertz CT molecular complexity index is 1460. The van der Waals surface area contributed by atoms with Crippen molar-refractivity contribution in [3.8, 4) is 0 Å². The number of rotatable bonds is 15. The minimum Gasteiger partial charge on any atom is -0.462 e. The minimum atomic E-state index is -0.587. The highest BCUT2D eigenvalue weighted by Crippen LogP contribution is 2.42. The molecule has 7 atom stereocenters. The number of carbonyl (C=O) groups is 2. The Labute approximate surface area is 268 Å². The average molecular weight is 617 g/mol. The van der Waals surface area contributed by atoms with Crippen molar-refractivity contribution in [3.63, 3.8) is 0 Å². The van der Waals surface area contributed by atoms with Crippen LogP contribution in [0.1, 0.15) is 95.6 Å². The number of hydrogen-bond donors (Lipinski definition) is 3. The summed E-state index contributed by atoms with van der Waals surface area (Å²) in [6, 6.07) is 6.82. The van der Waals surface area contributed by atoms with E-state index in [4.69, 9.17) is 4.74 Å². The lowest BCUT2D eigenvalue weighted by Crippen LogP contribution is -2.43. The van der Waals surface area contributed by atoms with Crippen LogP contribution >= 0.6 is 0 Å². The number of benzene rings is 1. The number of esters is 1. The number of aliphatic hydroxyl groups excluding tert-OH is 2. The number of ether oxygens (including phenoxy) is 1. The molecule has 45 heavy (non-hydrogen) atoms. The summed E-state index contributed by atoms with van der Waals surface area (Å²) in [6.07, 6.45) is 13.6. The number of ketones is 1. The van der Waals surface area contributed by atoms with Crippen molar-refractivity contribution < 1.29 is 24.5 Å². The topological polar surface area (TPSA) is 103 Å². The number of carbonyl (C=O) groups excluding carboxylic acids is 2. The van der Waals surface area contributed by atoms with Crippen LogP contribution in [0.2, 0.25) is 0 Å². The summed E-state index contributed by atoms with van der Waals surface area (Å²) in [4.78, 5) is 31.4. The number of hydrogen-bond acceptors (Lipinski definition) is 6. The third kappa shape index (κ3) is 7.01. The van der Waals surface area contributed by atoms with Crippen LogP contribution in [0.25, 0.3) is 16.5 Å². The van der Waals surface area contributed by atoms with E-state index < -0.39 is 6.10 Å². The van der Waals surface area contributed by atoms with E-state index in [-0.39, 0.29) is 47.9 Å². The zero-order valence-electron chi connectivity index (χ0n) is 27.4. The summed E-state index contributed by atoms with van der Waals surface area (Å²) >= 11 is 0. The quantitative estimate of drug-likeness (QED) is 0.159. The lowest BCUT2D eigenvalue weighted by atomic mass is 9.80. The number of nitrogens with one attached hydrogen (secondary N) is 1. The van der Waals surface area contributed by atoms with Crippen molar-refractivity contribution >= 4 is 28.2 Å². The predicted molar refractivity (Wildman–Crippen MR) is 177 cm³/mol. The molecule has 0 bridgehead atoms. The van der Waals surface area contributed by atoms with Crippen molar-refractivity contribution in [2.75, 3.05) is 20.2 Å². The van der Waals surface area contributed by atoms with Crippen LogP contribution < -0.4 is 0 Å². The van der Waals surface area contributed by atoms with E-state index >= 15 is 0 Å². The summed E-state index contributed by atoms with van der Waals surface area (Å²) in [7, 11) is 2.17. The van der Waals surface area contributed by atoms with Gasteiger partial charge in [-0.25, -0.2) is 4.79 Å². The number of H-pyrrole nitrogens is 1. The van der Waals surface area contributed by atoms with Gasteiger partial charge in [-0.3, -0.25) is 9.69 Å². The Morgan fingerprint density at radius 1 is 1.16 bits per heavy atom. The molecule has 0 saturated heterocycles. The highest BCUT2D eigenvalue weighted by atomic mass is 16.5. The molecule has 3 N–H and O–H groups in total. The number of aromatic amines is 1. The van der Waals surface area contributed by atoms with Crippen molar-refractivity contribution in [2.24, 2.45) is 23.7 Å². The zero-order valence-corrected chi connectivity index (χ0v) is 27.4. The molecule has 1 aromatic carbocycles. The molecule has 7 nitrogen and oxygen atoms in total. The van der Waals surface area contributed by atoms with Gasteiger partial charge in [0.05, 0.1) is 18.8 Å². The lowest BCUT2D eigenvalue weighted by molar-refractivity contribution is -0.139. The van der Waals surface area contributed by atoms with Crippen LogP contribution in [0.15, 0.2) is 41.6 Å². The van der Waals surface area contributed by atoms with Crippen molar-refractivity contribution in [3.05, 3.63) is 52.7 Å². The number of aromatic nitrogens is 1. The van der Waals surface area contributed by atoms with E-state index in [2.05, 4.69) is 61.3 Å². The number of fused-ring (bicyclic) bond motifs is 2. The molecule has 1 saturated carbocycles. The number of Topliss-reactive ketones (excluding diaryl/α,β-unsaturated/α-hetero) is 1. The van der Waals surface area contributed by atoms with E-state index in [1.54, 1.807) is 0 Å². The fraction of sp³-hybridized carbons (Fsp3) is 0.632. The Balaban J connectivity index is 0.953. The van der Waals surface area contributed by atoms with Gasteiger partial charge in [-0.2, -0.15) is 0 Å². The van der Waals surface area contributed by atoms with Gasteiger partial charge in [0.15, 0.2) is 0 Å². The number of likely N-dealkylation sites (N-methyl/N-ethyl adjacent to an activating group) is 1. The molecule has 0 radical (unpaired) electrons. The van der Waals surface area contributed by atoms with E-state index in [1.165, 1.54) is 33.2 Å². The first-order valence-corrected chi connectivity index (χ1v) is 17.5. The van der Waals surface area contributed by atoms with Gasteiger partial charge in [-0.15, -0.1) is 0 Å². The monoisotopic (exact) mass is 616 g/mol. The first kappa shape index (κ1) is 32.2. The van der Waals surface area contributed by atoms with Gasteiger partial charge < -0.3 is 19.9 Å². The van der Waals surface area contributed by atoms with E-state index in [1.807, 2.05) is 0 Å². The highest BCUT2D eigenvalue weighted by molar-refractivity contribution is 5.98. The fourth-order valence-corrected chi connectivity index (χ4v) is 8.40. The zero-order chi connectivity index (χ0) is 31.7. The van der Waals surface area contributed by atoms with Crippen molar-refractivity contribution in [2.45, 2.75) is 109 Å². The molecule has 1 fully saturated rings. The molecular weight excluding hydrogens is 564 g/mol. The van der Waals surface area contributed by atoms with Gasteiger partial charge in [0, 0.05) is 59.9 Å². The Morgan fingerprint density at radius 3 is 2.82 bits per heavy atom. The number of allylic oxidation sites excluding steroid dienone is 1. The van der Waals surface area contributed by atoms with Crippen LogP contribution in [0.4, 0.5) is 0 Å². The molecular formula is C38H52N2O5. The molecule has 4 aliphatic rings. The first-order chi connectivity index (χ1) is 21.7. The van der Waals surface area contributed by atoms with Gasteiger partial charge in [0.1, 0.15) is 5.78 Å². The van der Waals surface area contributed by atoms with Crippen LogP contribution in [-0.2, 0) is 20.7 Å². The van der Waals surface area contributed by atoms with E-state index in [0.29, 0.717) is 25.5 Å². The second-order valence-electron chi connectivity index (χ2n) is 14.5.